The Hall–Kier alpha value is -1.77. The minimum Gasteiger partial charge on any atom is -0.496 e. The van der Waals surface area contributed by atoms with Crippen LogP contribution in [0.5, 0.6) is 5.75 Å². The number of cyclic esters (lactones) is 1. The summed E-state index contributed by atoms with van der Waals surface area (Å²) in [6.07, 6.45) is 3.68. The number of carbonyl (C=O) groups is 1. The van der Waals surface area contributed by atoms with E-state index in [9.17, 15) is 4.79 Å². The molecule has 1 unspecified atom stereocenters. The average Bonchev–Trinajstić information content (AvgIpc) is 2.64. The molecule has 1 aliphatic rings. The van der Waals surface area contributed by atoms with Crippen LogP contribution in [0.3, 0.4) is 0 Å². The Kier molecular flexibility index (Phi) is 3.18. The molecule has 1 aromatic carbocycles. The molecule has 17 heavy (non-hydrogen) atoms. The molecule has 0 aromatic heterocycles. The molecule has 1 heterocycles. The molecular formula is C14H16O3. The summed E-state index contributed by atoms with van der Waals surface area (Å²) in [4.78, 5) is 11.8. The number of fused-ring (bicyclic) bond motifs is 1. The fourth-order valence-corrected chi connectivity index (χ4v) is 1.88. The third kappa shape index (κ3) is 2.18. The van der Waals surface area contributed by atoms with Gasteiger partial charge in [-0.25, -0.2) is 4.79 Å². The van der Waals surface area contributed by atoms with Gasteiger partial charge in [0.05, 0.1) is 7.11 Å². The van der Waals surface area contributed by atoms with Crippen molar-refractivity contribution in [1.29, 1.82) is 0 Å². The van der Waals surface area contributed by atoms with E-state index in [1.807, 2.05) is 24.3 Å². The molecule has 1 atom stereocenters. The molecule has 0 radical (unpaired) electrons. The van der Waals surface area contributed by atoms with Gasteiger partial charge in [-0.1, -0.05) is 32.1 Å². The number of hydrogen-bond donors (Lipinski definition) is 0. The van der Waals surface area contributed by atoms with Gasteiger partial charge in [-0.15, -0.1) is 0 Å². The predicted octanol–water partition coefficient (Wildman–Crippen LogP) is 3.12. The van der Waals surface area contributed by atoms with Crippen molar-refractivity contribution >= 4 is 5.97 Å². The standard InChI is InChI=1S/C14H16O3/c1-9(2)7-8-11-10-5-4-6-12(16-3)13(10)14(15)17-11/h4-9,11H,1-3H3. The molecule has 0 saturated heterocycles. The molecule has 3 nitrogen and oxygen atoms in total. The van der Waals surface area contributed by atoms with E-state index in [0.717, 1.165) is 5.56 Å². The van der Waals surface area contributed by atoms with E-state index >= 15 is 0 Å². The van der Waals surface area contributed by atoms with Crippen LogP contribution in [0.25, 0.3) is 0 Å². The van der Waals surface area contributed by atoms with Crippen LogP contribution in [0.4, 0.5) is 0 Å². The molecule has 0 fully saturated rings. The lowest BCUT2D eigenvalue weighted by atomic mass is 10.0. The van der Waals surface area contributed by atoms with Crippen LogP contribution in [0.2, 0.25) is 0 Å². The molecule has 0 bridgehead atoms. The van der Waals surface area contributed by atoms with E-state index in [4.69, 9.17) is 9.47 Å². The second kappa shape index (κ2) is 4.62. The van der Waals surface area contributed by atoms with Crippen LogP contribution in [0.1, 0.15) is 35.9 Å². The molecule has 2 rings (SSSR count). The first-order chi connectivity index (χ1) is 8.13. The molecule has 0 N–H and O–H groups in total. The van der Waals surface area contributed by atoms with E-state index in [-0.39, 0.29) is 12.1 Å². The Morgan fingerprint density at radius 2 is 2.18 bits per heavy atom. The number of esters is 1. The average molecular weight is 232 g/mol. The van der Waals surface area contributed by atoms with Crippen molar-refractivity contribution in [3.05, 3.63) is 41.5 Å². The molecule has 0 aliphatic carbocycles. The second-order valence-electron chi connectivity index (χ2n) is 4.38. The normalized spacial score (nSPS) is 18.6. The van der Waals surface area contributed by atoms with Crippen LogP contribution in [-0.4, -0.2) is 13.1 Å². The Balaban J connectivity index is 2.38. The number of ether oxygens (including phenoxy) is 2. The van der Waals surface area contributed by atoms with Crippen molar-refractivity contribution in [1.82, 2.24) is 0 Å². The van der Waals surface area contributed by atoms with Gasteiger partial charge < -0.3 is 9.47 Å². The molecule has 1 aliphatic heterocycles. The number of allylic oxidation sites excluding steroid dienone is 1. The van der Waals surface area contributed by atoms with Gasteiger partial charge >= 0.3 is 5.97 Å². The van der Waals surface area contributed by atoms with Gasteiger partial charge in [-0.05, 0) is 18.1 Å². The fraction of sp³-hybridized carbons (Fsp3) is 0.357. The molecule has 90 valence electrons. The quantitative estimate of drug-likeness (QED) is 0.593. The number of hydrogen-bond acceptors (Lipinski definition) is 3. The zero-order valence-electron chi connectivity index (χ0n) is 10.3. The number of benzene rings is 1. The smallest absolute Gasteiger partial charge is 0.343 e. The van der Waals surface area contributed by atoms with Crippen LogP contribution in [0, 0.1) is 5.92 Å². The maximum atomic E-state index is 11.8. The monoisotopic (exact) mass is 232 g/mol. The predicted molar refractivity (Wildman–Crippen MR) is 65.1 cm³/mol. The van der Waals surface area contributed by atoms with Gasteiger partial charge in [-0.3, -0.25) is 0 Å². The van der Waals surface area contributed by atoms with Gasteiger partial charge in [0, 0.05) is 5.56 Å². The van der Waals surface area contributed by atoms with Crippen molar-refractivity contribution in [2.75, 3.05) is 7.11 Å². The van der Waals surface area contributed by atoms with Gasteiger partial charge in [0.25, 0.3) is 0 Å². The maximum absolute atomic E-state index is 11.8. The minimum absolute atomic E-state index is 0.282. The summed E-state index contributed by atoms with van der Waals surface area (Å²) >= 11 is 0. The Labute approximate surface area is 101 Å². The van der Waals surface area contributed by atoms with E-state index < -0.39 is 0 Å². The van der Waals surface area contributed by atoms with Crippen molar-refractivity contribution in [2.45, 2.75) is 20.0 Å². The summed E-state index contributed by atoms with van der Waals surface area (Å²) in [5.74, 6) is 0.701. The van der Waals surface area contributed by atoms with E-state index in [2.05, 4.69) is 13.8 Å². The molecule has 0 spiro atoms. The van der Waals surface area contributed by atoms with Gasteiger partial charge in [0.1, 0.15) is 17.4 Å². The van der Waals surface area contributed by atoms with Crippen LogP contribution >= 0.6 is 0 Å². The lowest BCUT2D eigenvalue weighted by Crippen LogP contribution is -1.98. The first kappa shape index (κ1) is 11.7. The maximum Gasteiger partial charge on any atom is 0.343 e. The first-order valence-electron chi connectivity index (χ1n) is 5.69. The lowest BCUT2D eigenvalue weighted by Gasteiger charge is -2.06. The molecule has 0 saturated carbocycles. The summed E-state index contributed by atoms with van der Waals surface area (Å²) in [7, 11) is 1.56. The summed E-state index contributed by atoms with van der Waals surface area (Å²) in [6.45, 7) is 4.17. The minimum atomic E-state index is -0.309. The Morgan fingerprint density at radius 3 is 2.82 bits per heavy atom. The second-order valence-corrected chi connectivity index (χ2v) is 4.38. The number of methoxy groups -OCH3 is 1. The van der Waals surface area contributed by atoms with E-state index in [1.165, 1.54) is 0 Å². The van der Waals surface area contributed by atoms with Crippen molar-refractivity contribution in [3.8, 4) is 5.75 Å². The summed E-state index contributed by atoms with van der Waals surface area (Å²) in [6, 6.07) is 5.54. The van der Waals surface area contributed by atoms with Crippen molar-refractivity contribution < 1.29 is 14.3 Å². The third-order valence-corrected chi connectivity index (χ3v) is 2.69. The first-order valence-corrected chi connectivity index (χ1v) is 5.69. The number of carbonyl (C=O) groups excluding carboxylic acids is 1. The van der Waals surface area contributed by atoms with Gasteiger partial charge in [0.2, 0.25) is 0 Å². The zero-order chi connectivity index (χ0) is 12.4. The Morgan fingerprint density at radius 1 is 1.41 bits per heavy atom. The molecule has 3 heteroatoms. The van der Waals surface area contributed by atoms with E-state index in [0.29, 0.717) is 17.2 Å². The van der Waals surface area contributed by atoms with Crippen LogP contribution < -0.4 is 4.74 Å². The highest BCUT2D eigenvalue weighted by Gasteiger charge is 2.32. The highest BCUT2D eigenvalue weighted by Crippen LogP contribution is 2.37. The summed E-state index contributed by atoms with van der Waals surface area (Å²) < 4.78 is 10.5. The fourth-order valence-electron chi connectivity index (χ4n) is 1.88. The third-order valence-electron chi connectivity index (χ3n) is 2.69. The summed E-state index contributed by atoms with van der Waals surface area (Å²) in [5, 5.41) is 0. The number of rotatable bonds is 3. The molecular weight excluding hydrogens is 216 g/mol. The topological polar surface area (TPSA) is 35.5 Å². The van der Waals surface area contributed by atoms with Crippen molar-refractivity contribution in [2.24, 2.45) is 5.92 Å². The highest BCUT2D eigenvalue weighted by atomic mass is 16.6. The zero-order valence-corrected chi connectivity index (χ0v) is 10.3. The largest absolute Gasteiger partial charge is 0.496 e. The molecule has 1 aromatic rings. The van der Waals surface area contributed by atoms with Gasteiger partial charge in [-0.2, -0.15) is 0 Å². The Bertz CT molecular complexity index is 461. The highest BCUT2D eigenvalue weighted by molar-refractivity contribution is 5.97. The van der Waals surface area contributed by atoms with Crippen LogP contribution in [-0.2, 0) is 4.74 Å². The van der Waals surface area contributed by atoms with Crippen LogP contribution in [0.15, 0.2) is 30.4 Å². The molecule has 0 amide bonds. The SMILES string of the molecule is COc1cccc2c1C(=O)OC2C=CC(C)C. The summed E-state index contributed by atoms with van der Waals surface area (Å²) in [5.41, 5.74) is 1.43. The van der Waals surface area contributed by atoms with Gasteiger partial charge in [0.15, 0.2) is 0 Å². The lowest BCUT2D eigenvalue weighted by molar-refractivity contribution is 0.0465. The van der Waals surface area contributed by atoms with E-state index in [1.54, 1.807) is 13.2 Å². The van der Waals surface area contributed by atoms with Crippen molar-refractivity contribution in [3.63, 3.8) is 0 Å².